The Morgan fingerprint density at radius 2 is 2.26 bits per heavy atom. The first kappa shape index (κ1) is 14.3. The van der Waals surface area contributed by atoms with Crippen LogP contribution >= 0.6 is 0 Å². The van der Waals surface area contributed by atoms with Crippen LogP contribution in [0.5, 0.6) is 5.75 Å². The number of hydrogen-bond donors (Lipinski definition) is 1. The second-order valence-corrected chi connectivity index (χ2v) is 5.41. The molecule has 106 valence electrons. The van der Waals surface area contributed by atoms with Crippen molar-refractivity contribution in [1.29, 1.82) is 0 Å². The van der Waals surface area contributed by atoms with Gasteiger partial charge in [-0.15, -0.1) is 0 Å². The van der Waals surface area contributed by atoms with Gasteiger partial charge in [0.2, 0.25) is 0 Å². The number of hydrogen-bond acceptors (Lipinski definition) is 2. The molecule has 2 unspecified atom stereocenters. The summed E-state index contributed by atoms with van der Waals surface area (Å²) in [6, 6.07) is 4.83. The highest BCUT2D eigenvalue weighted by Gasteiger charge is 2.25. The predicted octanol–water partition coefficient (Wildman–Crippen LogP) is 3.55. The van der Waals surface area contributed by atoms with Crippen molar-refractivity contribution in [1.82, 2.24) is 5.32 Å². The van der Waals surface area contributed by atoms with Gasteiger partial charge < -0.3 is 10.1 Å². The van der Waals surface area contributed by atoms with Gasteiger partial charge in [0, 0.05) is 12.0 Å². The topological polar surface area (TPSA) is 21.3 Å². The lowest BCUT2D eigenvalue weighted by Gasteiger charge is -2.19. The Balaban J connectivity index is 1.84. The Bertz CT molecular complexity index is 408. The second-order valence-electron chi connectivity index (χ2n) is 5.41. The normalized spacial score (nSPS) is 19.0. The number of halogens is 1. The molecule has 0 saturated heterocycles. The van der Waals surface area contributed by atoms with Crippen molar-refractivity contribution in [2.75, 3.05) is 13.1 Å². The Labute approximate surface area is 115 Å². The fourth-order valence-electron chi connectivity index (χ4n) is 2.67. The highest BCUT2D eigenvalue weighted by Crippen LogP contribution is 2.32. The first-order chi connectivity index (χ1) is 9.22. The Kier molecular flexibility index (Phi) is 5.20. The quantitative estimate of drug-likeness (QED) is 0.761. The van der Waals surface area contributed by atoms with Crippen molar-refractivity contribution < 1.29 is 9.13 Å². The zero-order valence-electron chi connectivity index (χ0n) is 11.9. The third kappa shape index (κ3) is 3.93. The number of benzene rings is 1. The van der Waals surface area contributed by atoms with Gasteiger partial charge in [-0.25, -0.2) is 4.39 Å². The van der Waals surface area contributed by atoms with Crippen LogP contribution in [0.3, 0.4) is 0 Å². The van der Waals surface area contributed by atoms with Crippen molar-refractivity contribution in [2.45, 2.75) is 45.6 Å². The molecule has 1 N–H and O–H groups in total. The molecule has 0 amide bonds. The lowest BCUT2D eigenvalue weighted by atomic mass is 9.96. The van der Waals surface area contributed by atoms with Gasteiger partial charge in [0.1, 0.15) is 17.7 Å². The molecule has 1 aromatic rings. The maximum Gasteiger partial charge on any atom is 0.123 e. The molecule has 2 atom stereocenters. The lowest BCUT2D eigenvalue weighted by Crippen LogP contribution is -2.27. The number of fused-ring (bicyclic) bond motifs is 1. The molecule has 1 aromatic carbocycles. The average Bonchev–Trinajstić information content (AvgIpc) is 2.79. The standard InChI is InChI=1S/C16H24FNO/c1-3-7-18-11-12(4-2)8-15-10-13-9-14(17)5-6-16(13)19-15/h5-6,9,12,15,18H,3-4,7-8,10-11H2,1-2H3. The van der Waals surface area contributed by atoms with Crippen LogP contribution in [-0.4, -0.2) is 19.2 Å². The fourth-order valence-corrected chi connectivity index (χ4v) is 2.67. The Morgan fingerprint density at radius 3 is 3.00 bits per heavy atom. The summed E-state index contributed by atoms with van der Waals surface area (Å²) in [5, 5.41) is 3.47. The van der Waals surface area contributed by atoms with E-state index < -0.39 is 0 Å². The number of ether oxygens (including phenoxy) is 1. The van der Waals surface area contributed by atoms with Crippen molar-refractivity contribution in [2.24, 2.45) is 5.92 Å². The monoisotopic (exact) mass is 265 g/mol. The minimum atomic E-state index is -0.167. The molecule has 0 spiro atoms. The summed E-state index contributed by atoms with van der Waals surface area (Å²) in [4.78, 5) is 0. The van der Waals surface area contributed by atoms with Gasteiger partial charge in [0.25, 0.3) is 0 Å². The summed E-state index contributed by atoms with van der Waals surface area (Å²) in [6.45, 7) is 6.53. The molecule has 0 fully saturated rings. The first-order valence-electron chi connectivity index (χ1n) is 7.38. The maximum absolute atomic E-state index is 13.2. The van der Waals surface area contributed by atoms with Gasteiger partial charge in [-0.2, -0.15) is 0 Å². The molecule has 1 aliphatic heterocycles. The van der Waals surface area contributed by atoms with E-state index in [4.69, 9.17) is 4.74 Å². The molecule has 19 heavy (non-hydrogen) atoms. The minimum absolute atomic E-state index is 0.167. The molecule has 0 aromatic heterocycles. The van der Waals surface area contributed by atoms with E-state index in [0.29, 0.717) is 5.92 Å². The molecule has 1 heterocycles. The van der Waals surface area contributed by atoms with Crippen molar-refractivity contribution >= 4 is 0 Å². The second kappa shape index (κ2) is 6.90. The highest BCUT2D eigenvalue weighted by molar-refractivity contribution is 5.37. The highest BCUT2D eigenvalue weighted by atomic mass is 19.1. The molecular weight excluding hydrogens is 241 g/mol. The van der Waals surface area contributed by atoms with Crippen LogP contribution in [0.2, 0.25) is 0 Å². The van der Waals surface area contributed by atoms with E-state index in [1.165, 1.54) is 12.5 Å². The molecular formula is C16H24FNO. The van der Waals surface area contributed by atoms with Gasteiger partial charge >= 0.3 is 0 Å². The van der Waals surface area contributed by atoms with Crippen LogP contribution in [0.15, 0.2) is 18.2 Å². The van der Waals surface area contributed by atoms with Crippen molar-refractivity contribution in [3.05, 3.63) is 29.6 Å². The van der Waals surface area contributed by atoms with Crippen LogP contribution in [0, 0.1) is 11.7 Å². The molecule has 0 aliphatic carbocycles. The van der Waals surface area contributed by atoms with E-state index in [-0.39, 0.29) is 11.9 Å². The number of rotatable bonds is 7. The van der Waals surface area contributed by atoms with Crippen LogP contribution in [-0.2, 0) is 6.42 Å². The molecule has 0 radical (unpaired) electrons. The zero-order valence-corrected chi connectivity index (χ0v) is 11.9. The van der Waals surface area contributed by atoms with Crippen molar-refractivity contribution in [3.8, 4) is 5.75 Å². The first-order valence-corrected chi connectivity index (χ1v) is 7.38. The predicted molar refractivity (Wildman–Crippen MR) is 76.1 cm³/mol. The van der Waals surface area contributed by atoms with Gasteiger partial charge in [-0.05, 0) is 50.0 Å². The summed E-state index contributed by atoms with van der Waals surface area (Å²) < 4.78 is 19.1. The summed E-state index contributed by atoms with van der Waals surface area (Å²) in [5.74, 6) is 1.33. The van der Waals surface area contributed by atoms with Crippen molar-refractivity contribution in [3.63, 3.8) is 0 Å². The molecule has 2 rings (SSSR count). The van der Waals surface area contributed by atoms with Gasteiger partial charge in [-0.1, -0.05) is 20.3 Å². The van der Waals surface area contributed by atoms with E-state index in [0.717, 1.165) is 43.7 Å². The Morgan fingerprint density at radius 1 is 1.42 bits per heavy atom. The van der Waals surface area contributed by atoms with Crippen LogP contribution < -0.4 is 10.1 Å². The molecule has 1 aliphatic rings. The maximum atomic E-state index is 13.2. The minimum Gasteiger partial charge on any atom is -0.490 e. The molecule has 0 bridgehead atoms. The van der Waals surface area contributed by atoms with E-state index >= 15 is 0 Å². The molecule has 3 heteroatoms. The summed E-state index contributed by atoms with van der Waals surface area (Å²) >= 11 is 0. The molecule has 2 nitrogen and oxygen atoms in total. The summed E-state index contributed by atoms with van der Waals surface area (Å²) in [5.41, 5.74) is 1.02. The number of nitrogens with one attached hydrogen (secondary N) is 1. The van der Waals surface area contributed by atoms with E-state index in [2.05, 4.69) is 19.2 Å². The lowest BCUT2D eigenvalue weighted by molar-refractivity contribution is 0.190. The SMILES string of the molecule is CCCNCC(CC)CC1Cc2cc(F)ccc2O1. The Hall–Kier alpha value is -1.09. The largest absolute Gasteiger partial charge is 0.490 e. The van der Waals surface area contributed by atoms with Crippen LogP contribution in [0.1, 0.15) is 38.7 Å². The molecule has 0 saturated carbocycles. The summed E-state index contributed by atoms with van der Waals surface area (Å²) in [6.07, 6.45) is 4.42. The smallest absolute Gasteiger partial charge is 0.123 e. The van der Waals surface area contributed by atoms with E-state index in [1.807, 2.05) is 0 Å². The van der Waals surface area contributed by atoms with Gasteiger partial charge in [-0.3, -0.25) is 0 Å². The van der Waals surface area contributed by atoms with E-state index in [9.17, 15) is 4.39 Å². The van der Waals surface area contributed by atoms with Gasteiger partial charge in [0.05, 0.1) is 0 Å². The zero-order chi connectivity index (χ0) is 13.7. The van der Waals surface area contributed by atoms with Crippen LogP contribution in [0.4, 0.5) is 4.39 Å². The third-order valence-electron chi connectivity index (χ3n) is 3.80. The fraction of sp³-hybridized carbons (Fsp3) is 0.625. The van der Waals surface area contributed by atoms with Gasteiger partial charge in [0.15, 0.2) is 0 Å². The van der Waals surface area contributed by atoms with E-state index in [1.54, 1.807) is 12.1 Å². The summed E-state index contributed by atoms with van der Waals surface area (Å²) in [7, 11) is 0. The van der Waals surface area contributed by atoms with Crippen LogP contribution in [0.25, 0.3) is 0 Å². The average molecular weight is 265 g/mol. The third-order valence-corrected chi connectivity index (χ3v) is 3.80.